The lowest BCUT2D eigenvalue weighted by Crippen LogP contribution is -2.62. The Kier molecular flexibility index (Phi) is 5.07. The van der Waals surface area contributed by atoms with Crippen molar-refractivity contribution >= 4 is 17.5 Å². The van der Waals surface area contributed by atoms with E-state index in [9.17, 15) is 29.7 Å². The Morgan fingerprint density at radius 2 is 1.97 bits per heavy atom. The second-order valence-corrected chi connectivity index (χ2v) is 9.98. The molecule has 0 amide bonds. The molecule has 0 aromatic rings. The van der Waals surface area contributed by atoms with Gasteiger partial charge in [-0.05, 0) is 56.9 Å². The highest BCUT2D eigenvalue weighted by atomic mass is 19.1. The van der Waals surface area contributed by atoms with E-state index in [1.807, 2.05) is 0 Å². The molecule has 0 aliphatic heterocycles. The lowest BCUT2D eigenvalue weighted by molar-refractivity contribution is -0.180. The molecule has 0 aromatic carbocycles. The van der Waals surface area contributed by atoms with Gasteiger partial charge in [-0.1, -0.05) is 12.5 Å². The van der Waals surface area contributed by atoms with Crippen LogP contribution in [0.4, 0.5) is 4.39 Å². The third-order valence-electron chi connectivity index (χ3n) is 8.72. The van der Waals surface area contributed by atoms with Crippen LogP contribution in [0, 0.1) is 28.6 Å². The second kappa shape index (κ2) is 7.05. The number of fused-ring (bicyclic) bond motifs is 5. The Labute approximate surface area is 180 Å². The van der Waals surface area contributed by atoms with Crippen molar-refractivity contribution in [2.24, 2.45) is 28.6 Å². The van der Waals surface area contributed by atoms with Crippen LogP contribution in [0.25, 0.3) is 0 Å². The molecule has 4 aliphatic rings. The monoisotopic (exact) mass is 436 g/mol. The molecule has 4 rings (SSSR count). The average molecular weight is 436 g/mol. The number of aliphatic hydroxyl groups excluding tert-OH is 2. The Morgan fingerprint density at radius 3 is 2.58 bits per heavy atom. The summed E-state index contributed by atoms with van der Waals surface area (Å²) in [7, 11) is 0. The minimum absolute atomic E-state index is 0.0636. The van der Waals surface area contributed by atoms with Gasteiger partial charge in [-0.3, -0.25) is 14.4 Å². The van der Waals surface area contributed by atoms with E-state index in [1.165, 1.54) is 6.08 Å². The van der Waals surface area contributed by atoms with Crippen molar-refractivity contribution < 1.29 is 38.8 Å². The molecule has 7 nitrogen and oxygen atoms in total. The van der Waals surface area contributed by atoms with Crippen molar-refractivity contribution in [1.29, 1.82) is 0 Å². The molecule has 31 heavy (non-hydrogen) atoms. The van der Waals surface area contributed by atoms with Crippen LogP contribution in [0.5, 0.6) is 0 Å². The first-order valence-electron chi connectivity index (χ1n) is 10.8. The largest absolute Gasteiger partial charge is 0.420 e. The number of carbonyl (C=O) groups is 3. The minimum atomic E-state index is -1.74. The zero-order chi connectivity index (χ0) is 22.9. The van der Waals surface area contributed by atoms with E-state index in [0.717, 1.165) is 6.92 Å². The highest BCUT2D eigenvalue weighted by molar-refractivity contribution is 6.06. The molecule has 170 valence electrons. The molecule has 0 unspecified atom stereocenters. The van der Waals surface area contributed by atoms with E-state index in [1.54, 1.807) is 13.8 Å². The molecule has 0 aromatic heterocycles. The number of carbonyl (C=O) groups excluding carboxylic acids is 3. The highest BCUT2D eigenvalue weighted by Crippen LogP contribution is 2.68. The number of rotatable bonds is 3. The van der Waals surface area contributed by atoms with Gasteiger partial charge in [-0.15, -0.1) is 0 Å². The zero-order valence-corrected chi connectivity index (χ0v) is 18.0. The number of ketones is 2. The summed E-state index contributed by atoms with van der Waals surface area (Å²) in [5, 5.41) is 31.9. The summed E-state index contributed by atoms with van der Waals surface area (Å²) in [6.07, 6.45) is 2.02. The van der Waals surface area contributed by atoms with Gasteiger partial charge in [0.15, 0.2) is 11.6 Å². The number of aliphatic hydroxyl groups is 3. The molecule has 3 fully saturated rings. The third-order valence-corrected chi connectivity index (χ3v) is 8.72. The first-order chi connectivity index (χ1) is 14.4. The Morgan fingerprint density at radius 1 is 1.29 bits per heavy atom. The molecule has 8 heteroatoms. The summed E-state index contributed by atoms with van der Waals surface area (Å²) in [5.74, 6) is -4.60. The molecule has 0 bridgehead atoms. The summed E-state index contributed by atoms with van der Waals surface area (Å²) in [4.78, 5) is 36.3. The molecule has 3 saturated carbocycles. The number of esters is 1. The summed E-state index contributed by atoms with van der Waals surface area (Å²) in [6.45, 7) is 3.72. The van der Waals surface area contributed by atoms with Crippen molar-refractivity contribution in [2.75, 3.05) is 6.61 Å². The lowest BCUT2D eigenvalue weighted by atomic mass is 9.46. The maximum Gasteiger partial charge on any atom is 0.308 e. The first-order valence-corrected chi connectivity index (χ1v) is 10.8. The molecule has 4 aliphatic carbocycles. The number of hydrogen-bond donors (Lipinski definition) is 3. The summed E-state index contributed by atoms with van der Waals surface area (Å²) < 4.78 is 20.7. The quantitative estimate of drug-likeness (QED) is 0.576. The van der Waals surface area contributed by atoms with Gasteiger partial charge < -0.3 is 20.1 Å². The molecule has 7 atom stereocenters. The van der Waals surface area contributed by atoms with Gasteiger partial charge in [-0.2, -0.15) is 0 Å². The standard InChI is InChI=1S/C23H29FO7/c1-11(26)31-19-15(27)8-12-4-5-13-14-6-7-23(30,17(29)10-25)21(14,2)9-16(28)18(13)22(12,3)20(19)24/h8,13-14,16,18,25,28,30H,4-7,9-10H2,1-3H3/t13-,14-,16-,18+,21-,22-,23-/m0/s1. The third kappa shape index (κ3) is 2.77. The average Bonchev–Trinajstić information content (AvgIpc) is 2.97. The highest BCUT2D eigenvalue weighted by Gasteiger charge is 2.69. The van der Waals surface area contributed by atoms with Crippen LogP contribution >= 0.6 is 0 Å². The Hall–Kier alpha value is -1.90. The molecule has 0 heterocycles. The fourth-order valence-corrected chi connectivity index (χ4v) is 7.27. The van der Waals surface area contributed by atoms with Crippen LogP contribution in [0.15, 0.2) is 23.2 Å². The van der Waals surface area contributed by atoms with Gasteiger partial charge >= 0.3 is 5.97 Å². The summed E-state index contributed by atoms with van der Waals surface area (Å²) >= 11 is 0. The van der Waals surface area contributed by atoms with Crippen molar-refractivity contribution in [3.8, 4) is 0 Å². The van der Waals surface area contributed by atoms with Crippen molar-refractivity contribution in [3.63, 3.8) is 0 Å². The van der Waals surface area contributed by atoms with Crippen LogP contribution in [-0.2, 0) is 19.1 Å². The maximum atomic E-state index is 15.8. The van der Waals surface area contributed by atoms with E-state index in [4.69, 9.17) is 4.74 Å². The van der Waals surface area contributed by atoms with Gasteiger partial charge in [0.1, 0.15) is 12.2 Å². The second-order valence-electron chi connectivity index (χ2n) is 9.98. The minimum Gasteiger partial charge on any atom is -0.420 e. The maximum absolute atomic E-state index is 15.8. The SMILES string of the molecule is CC(=O)OC1=C(F)[C@@]2(C)C(=CC1=O)CC[C@@H]1[C@@H]2[C@@H](O)C[C@@]2(C)[C@H]1CC[C@]2(O)C(=O)CO. The molecular weight excluding hydrogens is 407 g/mol. The van der Waals surface area contributed by atoms with E-state index < -0.39 is 64.2 Å². The number of halogens is 1. The van der Waals surface area contributed by atoms with Crippen molar-refractivity contribution in [2.45, 2.75) is 64.6 Å². The fraction of sp³-hybridized carbons (Fsp3) is 0.696. The predicted molar refractivity (Wildman–Crippen MR) is 106 cm³/mol. The van der Waals surface area contributed by atoms with Gasteiger partial charge in [0, 0.05) is 18.3 Å². The number of ether oxygens (including phenoxy) is 1. The lowest BCUT2D eigenvalue weighted by Gasteiger charge is -2.59. The normalized spacial score (nSPS) is 44.2. The molecule has 0 radical (unpaired) electrons. The number of Topliss-reactive ketones (excluding diaryl/α,β-unsaturated/α-hetero) is 1. The Balaban J connectivity index is 1.79. The molecule has 0 saturated heterocycles. The molecular formula is C23H29FO7. The number of allylic oxidation sites excluding steroid dienone is 3. The topological polar surface area (TPSA) is 121 Å². The van der Waals surface area contributed by atoms with E-state index in [-0.39, 0.29) is 24.7 Å². The van der Waals surface area contributed by atoms with Crippen LogP contribution < -0.4 is 0 Å². The van der Waals surface area contributed by atoms with Crippen molar-refractivity contribution in [1.82, 2.24) is 0 Å². The fourth-order valence-electron chi connectivity index (χ4n) is 7.27. The molecule has 3 N–H and O–H groups in total. The summed E-state index contributed by atoms with van der Waals surface area (Å²) in [6, 6.07) is 0. The molecule has 0 spiro atoms. The number of hydrogen-bond acceptors (Lipinski definition) is 7. The van der Waals surface area contributed by atoms with Gasteiger partial charge in [0.05, 0.1) is 11.5 Å². The Bertz CT molecular complexity index is 923. The van der Waals surface area contributed by atoms with Gasteiger partial charge in [0.25, 0.3) is 0 Å². The van der Waals surface area contributed by atoms with Crippen LogP contribution in [0.1, 0.15) is 52.9 Å². The summed E-state index contributed by atoms with van der Waals surface area (Å²) in [5.41, 5.74) is -3.44. The van der Waals surface area contributed by atoms with E-state index in [0.29, 0.717) is 24.8 Å². The van der Waals surface area contributed by atoms with Crippen LogP contribution in [0.3, 0.4) is 0 Å². The van der Waals surface area contributed by atoms with Crippen molar-refractivity contribution in [3.05, 3.63) is 23.2 Å². The van der Waals surface area contributed by atoms with E-state index >= 15 is 4.39 Å². The van der Waals surface area contributed by atoms with Gasteiger partial charge in [0.2, 0.25) is 11.5 Å². The van der Waals surface area contributed by atoms with Gasteiger partial charge in [-0.25, -0.2) is 4.39 Å². The smallest absolute Gasteiger partial charge is 0.308 e. The van der Waals surface area contributed by atoms with Crippen LogP contribution in [-0.4, -0.2) is 51.2 Å². The predicted octanol–water partition coefficient (Wildman–Crippen LogP) is 1.75. The zero-order valence-electron chi connectivity index (χ0n) is 18.0. The first kappa shape index (κ1) is 22.3. The van der Waals surface area contributed by atoms with Crippen LogP contribution in [0.2, 0.25) is 0 Å². The van der Waals surface area contributed by atoms with E-state index in [2.05, 4.69) is 0 Å².